The van der Waals surface area contributed by atoms with Gasteiger partial charge in [0, 0.05) is 12.5 Å². The number of rotatable bonds is 10. The van der Waals surface area contributed by atoms with E-state index < -0.39 is 77.2 Å². The Morgan fingerprint density at radius 3 is 2.10 bits per heavy atom. The first-order valence-corrected chi connectivity index (χ1v) is 15.0. The molecular weight excluding hydrogens is 691 g/mol. The molecule has 1 aliphatic heterocycles. The summed E-state index contributed by atoms with van der Waals surface area (Å²) in [4.78, 5) is 33.6. The van der Waals surface area contributed by atoms with E-state index in [1.54, 1.807) is 13.8 Å². The largest absolute Gasteiger partial charge is 0.487 e. The second kappa shape index (κ2) is 14.9. The highest BCUT2D eigenvalue weighted by Gasteiger charge is 2.40. The predicted octanol–water partition coefficient (Wildman–Crippen LogP) is 8.55. The van der Waals surface area contributed by atoms with Gasteiger partial charge in [0.05, 0.1) is 47.3 Å². The van der Waals surface area contributed by atoms with Crippen LogP contribution in [0.1, 0.15) is 73.2 Å². The molecule has 1 aliphatic rings. The number of benzene rings is 2. The molecule has 4 rings (SSSR count). The number of anilines is 2. The monoisotopic (exact) mass is 720 g/mol. The number of hydrogen-bond acceptors (Lipinski definition) is 8. The van der Waals surface area contributed by atoms with Crippen LogP contribution in [-0.4, -0.2) is 41.3 Å². The van der Waals surface area contributed by atoms with Crippen molar-refractivity contribution in [2.45, 2.75) is 70.6 Å². The summed E-state index contributed by atoms with van der Waals surface area (Å²) in [6.07, 6.45) is -15.7. The zero-order chi connectivity index (χ0) is 37.0. The first kappa shape index (κ1) is 37.8. The van der Waals surface area contributed by atoms with Crippen LogP contribution in [0.15, 0.2) is 42.7 Å². The molecule has 2 atom stereocenters. The van der Waals surface area contributed by atoms with E-state index >= 15 is 0 Å². The normalized spacial score (nSPS) is 16.3. The molecule has 0 saturated heterocycles. The number of fused-ring (bicyclic) bond motifs is 1. The number of ether oxygens (including phenoxy) is 3. The van der Waals surface area contributed by atoms with Gasteiger partial charge in [-0.3, -0.25) is 4.90 Å². The van der Waals surface area contributed by atoms with E-state index in [9.17, 15) is 49.1 Å². The molecule has 2 heterocycles. The standard InChI is InChI=1S/C32H29F9N4O5/c1-4-21-16-23(22-15-18(30(33,34)35)7-8-25(22)45(21)29(47)49-6-3)42-28-43-24(26(48-5-2)27(44-28)50-10-9-46)13-17-11-19(31(36,37)38)14-20(12-17)32(39,40)41/h7-8,10-12,14-15,21,23H,4-6,13,16H2,1-3H3,(H,42,43,44)/t21-,23+/m1/s1. The molecule has 0 spiro atoms. The summed E-state index contributed by atoms with van der Waals surface area (Å²) in [6.45, 7) is 4.67. The fourth-order valence-corrected chi connectivity index (χ4v) is 5.43. The lowest BCUT2D eigenvalue weighted by Gasteiger charge is -2.40. The molecule has 0 aliphatic carbocycles. The second-order valence-electron chi connectivity index (χ2n) is 10.8. The fourth-order valence-electron chi connectivity index (χ4n) is 5.43. The van der Waals surface area contributed by atoms with Crippen molar-refractivity contribution in [3.8, 4) is 11.6 Å². The molecule has 18 heteroatoms. The molecule has 0 bridgehead atoms. The summed E-state index contributed by atoms with van der Waals surface area (Å²) >= 11 is 0. The number of aromatic nitrogens is 2. The number of nitrogens with zero attached hydrogens (tertiary/aromatic N) is 3. The fraction of sp³-hybridized carbons (Fsp3) is 0.406. The van der Waals surface area contributed by atoms with Gasteiger partial charge < -0.3 is 19.5 Å². The summed E-state index contributed by atoms with van der Waals surface area (Å²) < 4.78 is 139. The minimum Gasteiger partial charge on any atom is -0.487 e. The average molecular weight is 721 g/mol. The quantitative estimate of drug-likeness (QED) is 0.126. The highest BCUT2D eigenvalue weighted by Crippen LogP contribution is 2.44. The van der Waals surface area contributed by atoms with Crippen molar-refractivity contribution in [3.05, 3.63) is 76.2 Å². The van der Waals surface area contributed by atoms with E-state index in [0.29, 0.717) is 24.8 Å². The second-order valence-corrected chi connectivity index (χ2v) is 10.8. The van der Waals surface area contributed by atoms with Crippen LogP contribution in [0, 0.1) is 0 Å². The van der Waals surface area contributed by atoms with Crippen LogP contribution < -0.4 is 19.7 Å². The van der Waals surface area contributed by atoms with Crippen LogP contribution >= 0.6 is 0 Å². The van der Waals surface area contributed by atoms with Crippen LogP contribution in [0.25, 0.3) is 0 Å². The van der Waals surface area contributed by atoms with E-state index in [4.69, 9.17) is 14.2 Å². The predicted molar refractivity (Wildman–Crippen MR) is 159 cm³/mol. The van der Waals surface area contributed by atoms with Gasteiger partial charge >= 0.3 is 24.6 Å². The molecule has 0 radical (unpaired) electrons. The first-order chi connectivity index (χ1) is 23.4. The van der Waals surface area contributed by atoms with Crippen molar-refractivity contribution < 1.29 is 63.3 Å². The number of halogens is 9. The Labute approximate surface area is 279 Å². The van der Waals surface area contributed by atoms with Crippen molar-refractivity contribution in [1.82, 2.24) is 9.97 Å². The average Bonchev–Trinajstić information content (AvgIpc) is 3.03. The van der Waals surface area contributed by atoms with Gasteiger partial charge in [0.2, 0.25) is 11.7 Å². The minimum absolute atomic E-state index is 0.0114. The van der Waals surface area contributed by atoms with Gasteiger partial charge in [-0.1, -0.05) is 6.92 Å². The maximum Gasteiger partial charge on any atom is 0.416 e. The molecule has 0 unspecified atom stereocenters. The van der Waals surface area contributed by atoms with Crippen LogP contribution in [-0.2, 0) is 34.5 Å². The van der Waals surface area contributed by atoms with Gasteiger partial charge in [-0.2, -0.15) is 44.5 Å². The lowest BCUT2D eigenvalue weighted by molar-refractivity contribution is -0.143. The van der Waals surface area contributed by atoms with Gasteiger partial charge in [0.1, 0.15) is 0 Å². The first-order valence-electron chi connectivity index (χ1n) is 15.0. The Morgan fingerprint density at radius 1 is 0.920 bits per heavy atom. The Bertz CT molecular complexity index is 1720. The molecule has 1 aromatic heterocycles. The van der Waals surface area contributed by atoms with Gasteiger partial charge in [0.25, 0.3) is 5.88 Å². The number of hydrogen-bond donors (Lipinski definition) is 1. The number of nitrogens with one attached hydrogen (secondary N) is 1. The van der Waals surface area contributed by atoms with E-state index in [1.807, 2.05) is 0 Å². The number of carbonyl (C=O) groups is 1. The highest BCUT2D eigenvalue weighted by molar-refractivity contribution is 5.90. The highest BCUT2D eigenvalue weighted by atomic mass is 19.4. The Morgan fingerprint density at radius 2 is 1.56 bits per heavy atom. The molecule has 1 amide bonds. The van der Waals surface area contributed by atoms with E-state index in [-0.39, 0.29) is 48.4 Å². The van der Waals surface area contributed by atoms with Crippen LogP contribution in [0.3, 0.4) is 0 Å². The lowest BCUT2D eigenvalue weighted by atomic mass is 9.89. The van der Waals surface area contributed by atoms with E-state index in [1.165, 1.54) is 17.8 Å². The maximum atomic E-state index is 13.8. The van der Waals surface area contributed by atoms with Gasteiger partial charge in [-0.15, -0.1) is 0 Å². The lowest BCUT2D eigenvalue weighted by Crippen LogP contribution is -2.46. The van der Waals surface area contributed by atoms with Crippen molar-refractivity contribution in [2.75, 3.05) is 23.4 Å². The summed E-state index contributed by atoms with van der Waals surface area (Å²) in [5.74, 6) is 0.113. The molecule has 1 N–H and O–H groups in total. The Balaban J connectivity index is 1.89. The smallest absolute Gasteiger partial charge is 0.416 e. The van der Waals surface area contributed by atoms with Crippen LogP contribution in [0.2, 0.25) is 0 Å². The van der Waals surface area contributed by atoms with Crippen molar-refractivity contribution in [2.24, 2.45) is 0 Å². The van der Waals surface area contributed by atoms with Crippen LogP contribution in [0.5, 0.6) is 11.6 Å². The van der Waals surface area contributed by atoms with Gasteiger partial charge in [-0.05, 0) is 74.2 Å². The summed E-state index contributed by atoms with van der Waals surface area (Å²) in [6, 6.07) is 2.05. The van der Waals surface area contributed by atoms with E-state index in [0.717, 1.165) is 18.2 Å². The SMILES string of the molecule is CCOC(=O)N1c2ccc(C(F)(F)F)cc2[C@@H](Nc2nc(Cc3cc(C(F)(F)F)cc(C(F)(F)F)c3)c(OCC)c(OC=C=O)n2)C[C@H]1CC. The third-order valence-electron chi connectivity index (χ3n) is 7.53. The molecule has 2 aromatic carbocycles. The van der Waals surface area contributed by atoms with Crippen molar-refractivity contribution in [1.29, 1.82) is 0 Å². The molecule has 3 aromatic rings. The third-order valence-corrected chi connectivity index (χ3v) is 7.53. The molecule has 0 saturated carbocycles. The summed E-state index contributed by atoms with van der Waals surface area (Å²) in [5.41, 5.74) is -4.90. The summed E-state index contributed by atoms with van der Waals surface area (Å²) in [7, 11) is 0. The van der Waals surface area contributed by atoms with Gasteiger partial charge in [0.15, 0.2) is 12.2 Å². The minimum atomic E-state index is -5.14. The molecule has 50 heavy (non-hydrogen) atoms. The number of alkyl halides is 9. The topological polar surface area (TPSA) is 103 Å². The number of carbonyl (C=O) groups excluding carboxylic acids is 2. The summed E-state index contributed by atoms with van der Waals surface area (Å²) in [5, 5.41) is 2.88. The molecule has 9 nitrogen and oxygen atoms in total. The Kier molecular flexibility index (Phi) is 11.2. The zero-order valence-corrected chi connectivity index (χ0v) is 26.5. The Hall–Kier alpha value is -4.99. The van der Waals surface area contributed by atoms with Crippen molar-refractivity contribution >= 4 is 23.7 Å². The molecule has 0 fully saturated rings. The molecular formula is C32H29F9N4O5. The maximum absolute atomic E-state index is 13.8. The van der Waals surface area contributed by atoms with Gasteiger partial charge in [-0.25, -0.2) is 14.6 Å². The zero-order valence-electron chi connectivity index (χ0n) is 26.5. The number of amides is 1. The van der Waals surface area contributed by atoms with Crippen molar-refractivity contribution in [3.63, 3.8) is 0 Å². The van der Waals surface area contributed by atoms with Crippen LogP contribution in [0.4, 0.5) is 55.9 Å². The molecule has 270 valence electrons. The third kappa shape index (κ3) is 8.59. The van der Waals surface area contributed by atoms with E-state index in [2.05, 4.69) is 15.3 Å².